The Bertz CT molecular complexity index is 808. The summed E-state index contributed by atoms with van der Waals surface area (Å²) in [5, 5.41) is 2.79. The van der Waals surface area contributed by atoms with Crippen molar-refractivity contribution in [1.82, 2.24) is 9.71 Å². The molecule has 10 heteroatoms. The molecule has 0 radical (unpaired) electrons. The number of halogens is 4. The van der Waals surface area contributed by atoms with Crippen molar-refractivity contribution in [2.45, 2.75) is 17.5 Å². The Morgan fingerprint density at radius 2 is 1.84 bits per heavy atom. The number of sulfonamides is 1. The second-order valence-electron chi connectivity index (χ2n) is 5.07. The minimum atomic E-state index is -4.44. The average Bonchev–Trinajstić information content (AvgIpc) is 2.54. The van der Waals surface area contributed by atoms with Gasteiger partial charge in [-0.1, -0.05) is 6.07 Å². The number of pyridine rings is 1. The molecule has 0 saturated heterocycles. The van der Waals surface area contributed by atoms with Crippen LogP contribution in [0.1, 0.15) is 12.0 Å². The lowest BCUT2D eigenvalue weighted by atomic mass is 10.3. The number of anilines is 1. The van der Waals surface area contributed by atoms with E-state index < -0.39 is 27.6 Å². The van der Waals surface area contributed by atoms with Crippen molar-refractivity contribution in [3.8, 4) is 0 Å². The molecule has 0 aliphatic heterocycles. The lowest BCUT2D eigenvalue weighted by molar-refractivity contribution is -0.137. The summed E-state index contributed by atoms with van der Waals surface area (Å²) in [4.78, 5) is 3.46. The van der Waals surface area contributed by atoms with E-state index in [1.165, 1.54) is 18.2 Å². The molecule has 136 valence electrons. The fourth-order valence-electron chi connectivity index (χ4n) is 1.89. The lowest BCUT2D eigenvalue weighted by Crippen LogP contribution is -2.26. The first-order valence-corrected chi connectivity index (χ1v) is 8.69. The molecule has 0 amide bonds. The Morgan fingerprint density at radius 1 is 1.08 bits per heavy atom. The summed E-state index contributed by atoms with van der Waals surface area (Å²) in [6, 6.07) is 6.71. The fourth-order valence-corrected chi connectivity index (χ4v) is 3.00. The van der Waals surface area contributed by atoms with Crippen LogP contribution >= 0.6 is 0 Å². The predicted octanol–water partition coefficient (Wildman–Crippen LogP) is 3.02. The van der Waals surface area contributed by atoms with Gasteiger partial charge in [0.05, 0.1) is 10.5 Å². The highest BCUT2D eigenvalue weighted by molar-refractivity contribution is 7.89. The third-order valence-corrected chi connectivity index (χ3v) is 4.61. The zero-order valence-corrected chi connectivity index (χ0v) is 13.7. The molecular formula is C15H15F4N3O2S. The summed E-state index contributed by atoms with van der Waals surface area (Å²) in [7, 11) is -3.81. The van der Waals surface area contributed by atoms with Crippen molar-refractivity contribution in [3.05, 3.63) is 54.0 Å². The molecule has 0 unspecified atom stereocenters. The molecule has 0 atom stereocenters. The van der Waals surface area contributed by atoms with Gasteiger partial charge in [-0.15, -0.1) is 0 Å². The molecule has 0 aliphatic carbocycles. The molecule has 0 fully saturated rings. The zero-order valence-electron chi connectivity index (χ0n) is 12.8. The largest absolute Gasteiger partial charge is 0.417 e. The van der Waals surface area contributed by atoms with Crippen LogP contribution in [0.25, 0.3) is 0 Å². The summed E-state index contributed by atoms with van der Waals surface area (Å²) in [5.41, 5.74) is -0.846. The first-order chi connectivity index (χ1) is 11.7. The molecule has 1 aromatic heterocycles. The van der Waals surface area contributed by atoms with Crippen molar-refractivity contribution in [2.75, 3.05) is 18.4 Å². The lowest BCUT2D eigenvalue weighted by Gasteiger charge is -2.09. The second kappa shape index (κ2) is 7.79. The van der Waals surface area contributed by atoms with Crippen LogP contribution in [0.15, 0.2) is 47.5 Å². The summed E-state index contributed by atoms with van der Waals surface area (Å²) in [6.45, 7) is 0.372. The molecular weight excluding hydrogens is 362 g/mol. The predicted molar refractivity (Wildman–Crippen MR) is 83.9 cm³/mol. The maximum atomic E-state index is 13.1. The van der Waals surface area contributed by atoms with Crippen molar-refractivity contribution in [1.29, 1.82) is 0 Å². The van der Waals surface area contributed by atoms with Gasteiger partial charge in [-0.25, -0.2) is 22.5 Å². The highest BCUT2D eigenvalue weighted by atomic mass is 32.2. The highest BCUT2D eigenvalue weighted by Crippen LogP contribution is 2.28. The first-order valence-electron chi connectivity index (χ1n) is 7.21. The minimum Gasteiger partial charge on any atom is -0.370 e. The maximum absolute atomic E-state index is 13.1. The van der Waals surface area contributed by atoms with Crippen LogP contribution in [-0.4, -0.2) is 26.5 Å². The van der Waals surface area contributed by atoms with E-state index in [1.54, 1.807) is 0 Å². The van der Waals surface area contributed by atoms with Crippen LogP contribution in [0.4, 0.5) is 23.4 Å². The monoisotopic (exact) mass is 377 g/mol. The Hall–Kier alpha value is -2.20. The fraction of sp³-hybridized carbons (Fsp3) is 0.267. The number of alkyl halides is 3. The van der Waals surface area contributed by atoms with E-state index in [0.717, 1.165) is 24.4 Å². The molecule has 2 rings (SSSR count). The molecule has 0 saturated carbocycles. The summed E-state index contributed by atoms with van der Waals surface area (Å²) in [6.07, 6.45) is -3.37. The number of hydrogen-bond donors (Lipinski definition) is 2. The normalized spacial score (nSPS) is 12.2. The average molecular weight is 377 g/mol. The van der Waals surface area contributed by atoms with Gasteiger partial charge >= 0.3 is 6.18 Å². The first kappa shape index (κ1) is 19.1. The summed E-state index contributed by atoms with van der Waals surface area (Å²) < 4.78 is 76.4. The quantitative estimate of drug-likeness (QED) is 0.575. The number of aromatic nitrogens is 1. The van der Waals surface area contributed by atoms with E-state index >= 15 is 0 Å². The Kier molecular flexibility index (Phi) is 5.96. The number of rotatable bonds is 7. The van der Waals surface area contributed by atoms with E-state index in [1.807, 2.05) is 0 Å². The van der Waals surface area contributed by atoms with Crippen LogP contribution in [0.2, 0.25) is 0 Å². The molecule has 2 N–H and O–H groups in total. The third-order valence-electron chi connectivity index (χ3n) is 3.15. The Labute approximate surface area is 142 Å². The summed E-state index contributed by atoms with van der Waals surface area (Å²) in [5.74, 6) is -0.404. The van der Waals surface area contributed by atoms with Gasteiger partial charge in [0.15, 0.2) is 0 Å². The maximum Gasteiger partial charge on any atom is 0.417 e. The topological polar surface area (TPSA) is 71.1 Å². The van der Waals surface area contributed by atoms with Crippen LogP contribution in [0.5, 0.6) is 0 Å². The Balaban J connectivity index is 1.78. The molecule has 25 heavy (non-hydrogen) atoms. The van der Waals surface area contributed by atoms with Gasteiger partial charge in [0.2, 0.25) is 10.0 Å². The Morgan fingerprint density at radius 3 is 2.44 bits per heavy atom. The number of nitrogens with one attached hydrogen (secondary N) is 2. The number of hydrogen-bond acceptors (Lipinski definition) is 4. The SMILES string of the molecule is O=S(=O)(NCCCNc1ccc(C(F)(F)F)cn1)c1cccc(F)c1. The van der Waals surface area contributed by atoms with E-state index in [0.29, 0.717) is 13.0 Å². The molecule has 5 nitrogen and oxygen atoms in total. The number of nitrogens with zero attached hydrogens (tertiary/aromatic N) is 1. The van der Waals surface area contributed by atoms with Crippen molar-refractivity contribution >= 4 is 15.8 Å². The van der Waals surface area contributed by atoms with Gasteiger partial charge in [-0.2, -0.15) is 13.2 Å². The number of benzene rings is 1. The molecule has 0 spiro atoms. The molecule has 1 heterocycles. The minimum absolute atomic E-state index is 0.0759. The molecule has 1 aromatic carbocycles. The van der Waals surface area contributed by atoms with Crippen LogP contribution < -0.4 is 10.0 Å². The van der Waals surface area contributed by atoms with Crippen LogP contribution in [0.3, 0.4) is 0 Å². The van der Waals surface area contributed by atoms with Gasteiger partial charge in [0, 0.05) is 19.3 Å². The van der Waals surface area contributed by atoms with Gasteiger partial charge in [-0.3, -0.25) is 0 Å². The zero-order chi connectivity index (χ0) is 18.5. The van der Waals surface area contributed by atoms with E-state index in [9.17, 15) is 26.0 Å². The summed E-state index contributed by atoms with van der Waals surface area (Å²) >= 11 is 0. The smallest absolute Gasteiger partial charge is 0.370 e. The van der Waals surface area contributed by atoms with E-state index in [-0.39, 0.29) is 17.3 Å². The second-order valence-corrected chi connectivity index (χ2v) is 6.83. The molecule has 0 bridgehead atoms. The van der Waals surface area contributed by atoms with Crippen molar-refractivity contribution in [2.24, 2.45) is 0 Å². The van der Waals surface area contributed by atoms with Gasteiger partial charge in [0.1, 0.15) is 11.6 Å². The van der Waals surface area contributed by atoms with E-state index in [4.69, 9.17) is 0 Å². The molecule has 0 aliphatic rings. The standard InChI is InChI=1S/C15H15F4N3O2S/c16-12-3-1-4-13(9-12)25(23,24)22-8-2-7-20-14-6-5-11(10-21-14)15(17,18)19/h1,3-6,9-10,22H,2,7-8H2,(H,20,21). The van der Waals surface area contributed by atoms with Crippen LogP contribution in [0, 0.1) is 5.82 Å². The molecule has 2 aromatic rings. The highest BCUT2D eigenvalue weighted by Gasteiger charge is 2.30. The van der Waals surface area contributed by atoms with Crippen LogP contribution in [-0.2, 0) is 16.2 Å². The third kappa shape index (κ3) is 5.68. The van der Waals surface area contributed by atoms with Gasteiger partial charge < -0.3 is 5.32 Å². The van der Waals surface area contributed by atoms with E-state index in [2.05, 4.69) is 15.0 Å². The van der Waals surface area contributed by atoms with Crippen molar-refractivity contribution in [3.63, 3.8) is 0 Å². The van der Waals surface area contributed by atoms with Crippen molar-refractivity contribution < 1.29 is 26.0 Å². The van der Waals surface area contributed by atoms with Gasteiger partial charge in [0.25, 0.3) is 0 Å². The van der Waals surface area contributed by atoms with Gasteiger partial charge in [-0.05, 0) is 36.8 Å².